The molecular weight excluding hydrogens is 754 g/mol. The minimum absolute atomic E-state index is 0. The van der Waals surface area contributed by atoms with Crippen LogP contribution in [0.4, 0.5) is 0 Å². The van der Waals surface area contributed by atoms with E-state index in [9.17, 15) is 14.4 Å². The van der Waals surface area contributed by atoms with Crippen LogP contribution in [0.5, 0.6) is 11.5 Å². The predicted molar refractivity (Wildman–Crippen MR) is 198 cm³/mol. The molecule has 16 heteroatoms. The third-order valence-corrected chi connectivity index (χ3v) is 7.88. The van der Waals surface area contributed by atoms with Gasteiger partial charge in [-0.05, 0) is 72.8 Å². The maximum Gasteiger partial charge on any atom is 0.259 e. The Hall–Kier alpha value is -4.20. The van der Waals surface area contributed by atoms with Gasteiger partial charge in [-0.3, -0.25) is 14.4 Å². The molecule has 2 aromatic heterocycles. The predicted octanol–water partition coefficient (Wildman–Crippen LogP) is 7.79. The fourth-order valence-electron chi connectivity index (χ4n) is 4.62. The van der Waals surface area contributed by atoms with Gasteiger partial charge in [-0.2, -0.15) is 0 Å². The standard InChI is InChI=1S/C18H16Cl2N2O4.C16H10Cl2N2O3.ClH/c1-24-16(25-2)9-26-15-6-4-11(20)8-13(15)17-21-14-5-3-10(19)7-12(14)18(23)22-17;17-9-1-3-13-11(7-9)16(22)20-15(19-13)12-8-10(18)2-4-14(12)23-6-5-21;/h3-8,16H,9H2,1-2H3,(H,21,22,23);1-5,7-8H,6H2,(H,19,20,22);1H. The van der Waals surface area contributed by atoms with Crippen LogP contribution in [-0.4, -0.2) is 59.9 Å². The summed E-state index contributed by atoms with van der Waals surface area (Å²) in [4.78, 5) is 49.5. The van der Waals surface area contributed by atoms with Gasteiger partial charge in [-0.15, -0.1) is 12.4 Å². The molecule has 0 saturated heterocycles. The number of hydrogen-bond acceptors (Lipinski definition) is 9. The summed E-state index contributed by atoms with van der Waals surface area (Å²) in [6.45, 7) is 0.0527. The fourth-order valence-corrected chi connectivity index (χ4v) is 5.31. The van der Waals surface area contributed by atoms with Crippen molar-refractivity contribution >= 4 is 86.9 Å². The van der Waals surface area contributed by atoms with Crippen molar-refractivity contribution < 1.29 is 23.7 Å². The largest absolute Gasteiger partial charge is 0.488 e. The van der Waals surface area contributed by atoms with E-state index in [-0.39, 0.29) is 36.7 Å². The first-order valence-electron chi connectivity index (χ1n) is 14.3. The van der Waals surface area contributed by atoms with Gasteiger partial charge in [0.2, 0.25) is 0 Å². The van der Waals surface area contributed by atoms with Crippen molar-refractivity contribution in [3.8, 4) is 34.3 Å². The first kappa shape index (κ1) is 38.6. The Balaban J connectivity index is 0.000000222. The number of rotatable bonds is 10. The van der Waals surface area contributed by atoms with Crippen LogP contribution in [-0.2, 0) is 14.3 Å². The lowest BCUT2D eigenvalue weighted by Gasteiger charge is -2.16. The molecule has 6 aromatic rings. The number of carbonyl (C=O) groups is 1. The van der Waals surface area contributed by atoms with Gasteiger partial charge in [0.25, 0.3) is 11.1 Å². The van der Waals surface area contributed by atoms with Crippen LogP contribution in [0.1, 0.15) is 0 Å². The van der Waals surface area contributed by atoms with Crippen LogP contribution in [0.15, 0.2) is 82.4 Å². The minimum Gasteiger partial charge on any atom is -0.488 e. The number of nitrogens with zero attached hydrogens (tertiary/aromatic N) is 2. The molecule has 0 fully saturated rings. The molecular formula is C34H27Cl5N4O7. The smallest absolute Gasteiger partial charge is 0.259 e. The Kier molecular flexibility index (Phi) is 13.6. The Morgan fingerprint density at radius 3 is 1.52 bits per heavy atom. The lowest BCUT2D eigenvalue weighted by molar-refractivity contribution is -0.121. The molecule has 0 amide bonds. The monoisotopic (exact) mass is 778 g/mol. The van der Waals surface area contributed by atoms with Crippen molar-refractivity contribution in [3.63, 3.8) is 0 Å². The SMILES string of the molecule is COC(COc1ccc(Cl)cc1-c1nc2ccc(Cl)cc2c(=O)[nH]1)OC.Cl.O=CCOc1ccc(Cl)cc1-c1nc2ccc(Cl)cc2c(=O)[nH]1. The van der Waals surface area contributed by atoms with E-state index < -0.39 is 6.29 Å². The van der Waals surface area contributed by atoms with Gasteiger partial charge in [0.1, 0.15) is 36.4 Å². The molecule has 6 rings (SSSR count). The van der Waals surface area contributed by atoms with Crippen molar-refractivity contribution in [2.75, 3.05) is 27.4 Å². The van der Waals surface area contributed by atoms with E-state index in [1.165, 1.54) is 14.2 Å². The van der Waals surface area contributed by atoms with Crippen LogP contribution in [0, 0.1) is 0 Å². The highest BCUT2D eigenvalue weighted by molar-refractivity contribution is 6.32. The van der Waals surface area contributed by atoms with Gasteiger partial charge in [-0.1, -0.05) is 46.4 Å². The summed E-state index contributed by atoms with van der Waals surface area (Å²) in [5, 5.41) is 2.66. The summed E-state index contributed by atoms with van der Waals surface area (Å²) in [7, 11) is 3.04. The number of carbonyl (C=O) groups excluding carboxylic acids is 1. The van der Waals surface area contributed by atoms with E-state index in [0.29, 0.717) is 82.5 Å². The molecule has 0 aliphatic carbocycles. The van der Waals surface area contributed by atoms with E-state index in [2.05, 4.69) is 19.9 Å². The molecule has 0 radical (unpaired) electrons. The van der Waals surface area contributed by atoms with Crippen molar-refractivity contribution in [3.05, 3.63) is 114 Å². The van der Waals surface area contributed by atoms with Crippen molar-refractivity contribution in [1.82, 2.24) is 19.9 Å². The number of fused-ring (bicyclic) bond motifs is 2. The molecule has 4 aromatic carbocycles. The summed E-state index contributed by atoms with van der Waals surface area (Å²) in [6, 6.07) is 19.7. The van der Waals surface area contributed by atoms with Crippen molar-refractivity contribution in [2.24, 2.45) is 0 Å². The molecule has 11 nitrogen and oxygen atoms in total. The maximum absolute atomic E-state index is 12.4. The lowest BCUT2D eigenvalue weighted by atomic mass is 10.1. The summed E-state index contributed by atoms with van der Waals surface area (Å²) < 4.78 is 21.4. The van der Waals surface area contributed by atoms with E-state index in [0.717, 1.165) is 0 Å². The quantitative estimate of drug-likeness (QED) is 0.105. The molecule has 0 unspecified atom stereocenters. The van der Waals surface area contributed by atoms with Crippen LogP contribution in [0.25, 0.3) is 44.6 Å². The average molecular weight is 781 g/mol. The zero-order valence-corrected chi connectivity index (χ0v) is 30.0. The van der Waals surface area contributed by atoms with Crippen molar-refractivity contribution in [1.29, 1.82) is 0 Å². The second-order valence-electron chi connectivity index (χ2n) is 10.1. The van der Waals surface area contributed by atoms with E-state index in [1.807, 2.05) is 0 Å². The molecule has 0 spiro atoms. The van der Waals surface area contributed by atoms with Gasteiger partial charge >= 0.3 is 0 Å². The lowest BCUT2D eigenvalue weighted by Crippen LogP contribution is -2.22. The zero-order valence-electron chi connectivity index (χ0n) is 26.2. The summed E-state index contributed by atoms with van der Waals surface area (Å²) >= 11 is 24.0. The highest BCUT2D eigenvalue weighted by Gasteiger charge is 2.15. The number of ether oxygens (including phenoxy) is 4. The van der Waals surface area contributed by atoms with Crippen LogP contribution in [0.3, 0.4) is 0 Å². The van der Waals surface area contributed by atoms with Crippen LogP contribution < -0.4 is 20.6 Å². The third-order valence-electron chi connectivity index (χ3n) is 6.94. The number of aromatic amines is 2. The third kappa shape index (κ3) is 9.32. The number of H-pyrrole nitrogens is 2. The summed E-state index contributed by atoms with van der Waals surface area (Å²) in [5.41, 5.74) is 1.44. The van der Waals surface area contributed by atoms with Gasteiger partial charge in [-0.25, -0.2) is 9.97 Å². The zero-order chi connectivity index (χ0) is 35.1. The Bertz CT molecular complexity index is 2260. The second kappa shape index (κ2) is 17.6. The van der Waals surface area contributed by atoms with Crippen LogP contribution >= 0.6 is 58.8 Å². The molecule has 0 bridgehead atoms. The van der Waals surface area contributed by atoms with Gasteiger partial charge in [0.15, 0.2) is 12.6 Å². The molecule has 2 heterocycles. The topological polar surface area (TPSA) is 145 Å². The molecule has 0 aliphatic heterocycles. The first-order chi connectivity index (χ1) is 23.6. The normalized spacial score (nSPS) is 10.8. The maximum atomic E-state index is 12.4. The number of halogens is 5. The Morgan fingerprint density at radius 1 is 0.660 bits per heavy atom. The van der Waals surface area contributed by atoms with Crippen LogP contribution in [0.2, 0.25) is 20.1 Å². The second-order valence-corrected chi connectivity index (χ2v) is 11.9. The first-order valence-corrected chi connectivity index (χ1v) is 15.8. The number of methoxy groups -OCH3 is 2. The summed E-state index contributed by atoms with van der Waals surface area (Å²) in [6.07, 6.45) is 0.112. The molecule has 0 aliphatic rings. The number of hydrogen-bond donors (Lipinski definition) is 2. The van der Waals surface area contributed by atoms with Gasteiger partial charge in [0.05, 0.1) is 32.9 Å². The van der Waals surface area contributed by atoms with E-state index in [1.54, 1.807) is 72.8 Å². The Morgan fingerprint density at radius 2 is 1.08 bits per heavy atom. The molecule has 2 N–H and O–H groups in total. The summed E-state index contributed by atoms with van der Waals surface area (Å²) in [5.74, 6) is 1.53. The van der Waals surface area contributed by atoms with E-state index >= 15 is 0 Å². The highest BCUT2D eigenvalue weighted by atomic mass is 35.5. The van der Waals surface area contributed by atoms with Gasteiger partial charge in [0, 0.05) is 34.3 Å². The number of benzene rings is 4. The Labute approximate surface area is 310 Å². The van der Waals surface area contributed by atoms with Gasteiger partial charge < -0.3 is 28.9 Å². The number of nitrogens with one attached hydrogen (secondary N) is 2. The fraction of sp³-hybridized carbons (Fsp3) is 0.147. The average Bonchev–Trinajstić information content (AvgIpc) is 3.09. The molecule has 50 heavy (non-hydrogen) atoms. The van der Waals surface area contributed by atoms with E-state index in [4.69, 9.17) is 65.4 Å². The number of aromatic nitrogens is 4. The molecule has 260 valence electrons. The highest BCUT2D eigenvalue weighted by Crippen LogP contribution is 2.32. The van der Waals surface area contributed by atoms with Crippen molar-refractivity contribution in [2.45, 2.75) is 6.29 Å². The molecule has 0 saturated carbocycles. The molecule has 0 atom stereocenters. The number of aldehydes is 1. The minimum atomic E-state index is -0.524.